The highest BCUT2D eigenvalue weighted by Gasteiger charge is 2.26. The van der Waals surface area contributed by atoms with Crippen LogP contribution >= 0.6 is 11.6 Å². The van der Waals surface area contributed by atoms with E-state index < -0.39 is 9.84 Å². The smallest absolute Gasteiger partial charge is 0.259 e. The van der Waals surface area contributed by atoms with Crippen molar-refractivity contribution in [3.05, 3.63) is 58.1 Å². The molecule has 2 aromatic rings. The van der Waals surface area contributed by atoms with Gasteiger partial charge in [0.1, 0.15) is 0 Å². The van der Waals surface area contributed by atoms with E-state index in [0.29, 0.717) is 6.54 Å². The first kappa shape index (κ1) is 17.0. The third-order valence-electron chi connectivity index (χ3n) is 4.20. The number of hydrogen-bond acceptors (Lipinski definition) is 3. The van der Waals surface area contributed by atoms with Crippen LogP contribution in [0.2, 0.25) is 5.02 Å². The number of benzene rings is 2. The Bertz CT molecular complexity index is 922. The third kappa shape index (κ3) is 3.19. The number of halogens is 1. The molecule has 3 rings (SSSR count). The zero-order chi connectivity index (χ0) is 17.5. The second-order valence-electron chi connectivity index (χ2n) is 6.11. The van der Waals surface area contributed by atoms with Crippen LogP contribution in [0.5, 0.6) is 0 Å². The zero-order valence-corrected chi connectivity index (χ0v) is 15.1. The number of anilines is 1. The quantitative estimate of drug-likeness (QED) is 0.818. The van der Waals surface area contributed by atoms with Crippen molar-refractivity contribution in [3.8, 4) is 0 Å². The Morgan fingerprint density at radius 1 is 1.17 bits per heavy atom. The predicted molar refractivity (Wildman–Crippen MR) is 95.7 cm³/mol. The lowest BCUT2D eigenvalue weighted by Gasteiger charge is -2.30. The number of carbonyl (C=O) groups excluding carboxylic acids is 1. The number of hydrogen-bond donors (Lipinski definition) is 0. The Morgan fingerprint density at radius 2 is 1.92 bits per heavy atom. The highest BCUT2D eigenvalue weighted by Crippen LogP contribution is 2.31. The molecule has 1 amide bonds. The number of amides is 1. The summed E-state index contributed by atoms with van der Waals surface area (Å²) in [5.41, 5.74) is 3.37. The second kappa shape index (κ2) is 6.22. The molecule has 0 radical (unpaired) electrons. The van der Waals surface area contributed by atoms with Gasteiger partial charge in [0.2, 0.25) is 0 Å². The van der Waals surface area contributed by atoms with Crippen LogP contribution in [0.3, 0.4) is 0 Å². The van der Waals surface area contributed by atoms with Crippen LogP contribution in [0.15, 0.2) is 41.3 Å². The van der Waals surface area contributed by atoms with Gasteiger partial charge in [0.05, 0.1) is 15.5 Å². The maximum absolute atomic E-state index is 13.0. The number of nitrogens with zero attached hydrogens (tertiary/aromatic N) is 1. The van der Waals surface area contributed by atoms with Gasteiger partial charge in [-0.05, 0) is 49.6 Å². The highest BCUT2D eigenvalue weighted by atomic mass is 35.5. The average Bonchev–Trinajstić information content (AvgIpc) is 2.52. The molecule has 0 N–H and O–H groups in total. The van der Waals surface area contributed by atoms with Gasteiger partial charge in [-0.2, -0.15) is 0 Å². The number of aryl methyl sites for hydroxylation is 2. The molecule has 2 aromatic carbocycles. The van der Waals surface area contributed by atoms with Gasteiger partial charge in [-0.1, -0.05) is 29.3 Å². The van der Waals surface area contributed by atoms with E-state index in [2.05, 4.69) is 6.07 Å². The minimum absolute atomic E-state index is 0.0939. The molecule has 1 aliphatic heterocycles. The van der Waals surface area contributed by atoms with Crippen molar-refractivity contribution in [1.29, 1.82) is 0 Å². The SMILES string of the molecule is Cc1ccc2c(c1)CCCN2C(=O)c1cc(S(C)(=O)=O)ccc1Cl. The van der Waals surface area contributed by atoms with Crippen molar-refractivity contribution in [2.24, 2.45) is 0 Å². The van der Waals surface area contributed by atoms with Crippen LogP contribution in [0, 0.1) is 6.92 Å². The van der Waals surface area contributed by atoms with E-state index >= 15 is 0 Å². The molecule has 1 heterocycles. The number of sulfone groups is 1. The molecule has 1 aliphatic rings. The van der Waals surface area contributed by atoms with Gasteiger partial charge in [-0.25, -0.2) is 8.42 Å². The van der Waals surface area contributed by atoms with Gasteiger partial charge < -0.3 is 4.90 Å². The predicted octanol–water partition coefficient (Wildman–Crippen LogP) is 3.64. The van der Waals surface area contributed by atoms with Gasteiger partial charge in [-0.3, -0.25) is 4.79 Å². The van der Waals surface area contributed by atoms with Crippen LogP contribution in [-0.2, 0) is 16.3 Å². The molecule has 0 fully saturated rings. The maximum Gasteiger partial charge on any atom is 0.259 e. The first-order valence-corrected chi connectivity index (χ1v) is 9.95. The summed E-state index contributed by atoms with van der Waals surface area (Å²) >= 11 is 6.17. The van der Waals surface area contributed by atoms with E-state index in [4.69, 9.17) is 11.6 Å². The first-order valence-electron chi connectivity index (χ1n) is 7.68. The van der Waals surface area contributed by atoms with Gasteiger partial charge in [0.25, 0.3) is 5.91 Å². The Balaban J connectivity index is 2.05. The standard InChI is InChI=1S/C18H18ClNO3S/c1-12-5-8-17-13(10-12)4-3-9-20(17)18(21)15-11-14(24(2,22)23)6-7-16(15)19/h5-8,10-11H,3-4,9H2,1-2H3. The van der Waals surface area contributed by atoms with Crippen molar-refractivity contribution in [2.45, 2.75) is 24.7 Å². The first-order chi connectivity index (χ1) is 11.3. The zero-order valence-electron chi connectivity index (χ0n) is 13.5. The normalized spacial score (nSPS) is 14.4. The van der Waals surface area contributed by atoms with Gasteiger partial charge in [-0.15, -0.1) is 0 Å². The van der Waals surface area contributed by atoms with E-state index in [1.165, 1.54) is 18.2 Å². The third-order valence-corrected chi connectivity index (χ3v) is 5.63. The molecule has 0 aromatic heterocycles. The molecule has 4 nitrogen and oxygen atoms in total. The summed E-state index contributed by atoms with van der Waals surface area (Å²) in [5.74, 6) is -0.268. The Morgan fingerprint density at radius 3 is 2.62 bits per heavy atom. The largest absolute Gasteiger partial charge is 0.308 e. The van der Waals surface area contributed by atoms with E-state index in [-0.39, 0.29) is 21.4 Å². The van der Waals surface area contributed by atoms with Gasteiger partial charge in [0, 0.05) is 18.5 Å². The van der Waals surface area contributed by atoms with Gasteiger partial charge in [0.15, 0.2) is 9.84 Å². The Hall–Kier alpha value is -1.85. The minimum atomic E-state index is -3.40. The molecule has 0 atom stereocenters. The monoisotopic (exact) mass is 363 g/mol. The summed E-state index contributed by atoms with van der Waals surface area (Å²) < 4.78 is 23.5. The summed E-state index contributed by atoms with van der Waals surface area (Å²) in [6.45, 7) is 2.61. The van der Waals surface area contributed by atoms with Crippen molar-refractivity contribution in [2.75, 3.05) is 17.7 Å². The van der Waals surface area contributed by atoms with Crippen LogP contribution in [0.1, 0.15) is 27.9 Å². The lowest BCUT2D eigenvalue weighted by atomic mass is 9.99. The van der Waals surface area contributed by atoms with E-state index in [0.717, 1.165) is 35.9 Å². The number of fused-ring (bicyclic) bond motifs is 1. The van der Waals surface area contributed by atoms with Crippen molar-refractivity contribution in [3.63, 3.8) is 0 Å². The Labute approximate surface area is 147 Å². The molecule has 0 bridgehead atoms. The molecule has 24 heavy (non-hydrogen) atoms. The summed E-state index contributed by atoms with van der Waals surface area (Å²) in [7, 11) is -3.40. The molecule has 6 heteroatoms. The fourth-order valence-corrected chi connectivity index (χ4v) is 3.83. The molecular formula is C18H18ClNO3S. The molecule has 126 valence electrons. The van der Waals surface area contributed by atoms with Crippen molar-refractivity contribution < 1.29 is 13.2 Å². The van der Waals surface area contributed by atoms with Crippen LogP contribution in [0.4, 0.5) is 5.69 Å². The number of carbonyl (C=O) groups is 1. The van der Waals surface area contributed by atoms with Gasteiger partial charge >= 0.3 is 0 Å². The van der Waals surface area contributed by atoms with Crippen LogP contribution < -0.4 is 4.90 Å². The number of rotatable bonds is 2. The van der Waals surface area contributed by atoms with E-state index in [1.807, 2.05) is 19.1 Å². The molecule has 0 saturated heterocycles. The highest BCUT2D eigenvalue weighted by molar-refractivity contribution is 7.90. The average molecular weight is 364 g/mol. The second-order valence-corrected chi connectivity index (χ2v) is 8.53. The topological polar surface area (TPSA) is 54.5 Å². The summed E-state index contributed by atoms with van der Waals surface area (Å²) in [5, 5.41) is 0.256. The lowest BCUT2D eigenvalue weighted by Crippen LogP contribution is -2.35. The van der Waals surface area contributed by atoms with Crippen molar-refractivity contribution >= 4 is 33.0 Å². The summed E-state index contributed by atoms with van der Waals surface area (Å²) in [6, 6.07) is 10.2. The minimum Gasteiger partial charge on any atom is -0.308 e. The maximum atomic E-state index is 13.0. The fraction of sp³-hybridized carbons (Fsp3) is 0.278. The van der Waals surface area contributed by atoms with E-state index in [1.54, 1.807) is 4.90 Å². The molecule has 0 aliphatic carbocycles. The molecule has 0 unspecified atom stereocenters. The summed E-state index contributed by atoms with van der Waals surface area (Å²) in [4.78, 5) is 14.8. The van der Waals surface area contributed by atoms with Crippen LogP contribution in [-0.4, -0.2) is 27.1 Å². The molecular weight excluding hydrogens is 346 g/mol. The molecule has 0 spiro atoms. The van der Waals surface area contributed by atoms with Crippen LogP contribution in [0.25, 0.3) is 0 Å². The molecule has 0 saturated carbocycles. The van der Waals surface area contributed by atoms with E-state index in [9.17, 15) is 13.2 Å². The Kier molecular flexibility index (Phi) is 4.40. The summed E-state index contributed by atoms with van der Waals surface area (Å²) in [6.07, 6.45) is 2.91. The fourth-order valence-electron chi connectivity index (χ4n) is 2.98. The van der Waals surface area contributed by atoms with Crippen molar-refractivity contribution in [1.82, 2.24) is 0 Å². The lowest BCUT2D eigenvalue weighted by molar-refractivity contribution is 0.0985.